The van der Waals surface area contributed by atoms with E-state index in [0.29, 0.717) is 11.7 Å². The van der Waals surface area contributed by atoms with Crippen molar-refractivity contribution in [1.29, 1.82) is 0 Å². The molecule has 42 heavy (non-hydrogen) atoms. The van der Waals surface area contributed by atoms with Gasteiger partial charge < -0.3 is 4.74 Å². The summed E-state index contributed by atoms with van der Waals surface area (Å²) >= 11 is 0. The molecule has 0 bridgehead atoms. The molecule has 0 radical (unpaired) electrons. The summed E-state index contributed by atoms with van der Waals surface area (Å²) in [5, 5.41) is 0. The van der Waals surface area contributed by atoms with Gasteiger partial charge in [-0.05, 0) is 97.6 Å². The SMILES string of the molecule is CCCCCCCC[C@H]1CC[C@H](c2ccc(OC(=O)C(CCC)CCCc3ccc(-c4ccccc4)cc3)cc2)CC1. The highest BCUT2D eigenvalue weighted by Gasteiger charge is 2.23. The van der Waals surface area contributed by atoms with Crippen molar-refractivity contribution in [2.45, 2.75) is 122 Å². The number of rotatable bonds is 17. The number of hydrogen-bond acceptors (Lipinski definition) is 2. The van der Waals surface area contributed by atoms with Gasteiger partial charge >= 0.3 is 5.97 Å². The lowest BCUT2D eigenvalue weighted by atomic mass is 9.77. The molecule has 4 rings (SSSR count). The average molecular weight is 567 g/mol. The Morgan fingerprint density at radius 1 is 0.690 bits per heavy atom. The summed E-state index contributed by atoms with van der Waals surface area (Å²) in [7, 11) is 0. The first-order chi connectivity index (χ1) is 20.7. The van der Waals surface area contributed by atoms with Crippen molar-refractivity contribution < 1.29 is 9.53 Å². The van der Waals surface area contributed by atoms with E-state index in [1.165, 1.54) is 92.9 Å². The molecule has 0 aliphatic heterocycles. The zero-order valence-corrected chi connectivity index (χ0v) is 26.4. The van der Waals surface area contributed by atoms with Crippen LogP contribution >= 0.6 is 0 Å². The second kappa shape index (κ2) is 17.9. The Balaban J connectivity index is 1.18. The molecule has 0 heterocycles. The number of aryl methyl sites for hydroxylation is 1. The fraction of sp³-hybridized carbons (Fsp3) is 0.525. The van der Waals surface area contributed by atoms with Crippen LogP contribution in [0.1, 0.15) is 127 Å². The summed E-state index contributed by atoms with van der Waals surface area (Å²) < 4.78 is 5.90. The van der Waals surface area contributed by atoms with Crippen LogP contribution in [0.25, 0.3) is 11.1 Å². The van der Waals surface area contributed by atoms with Crippen LogP contribution in [0.3, 0.4) is 0 Å². The van der Waals surface area contributed by atoms with Crippen molar-refractivity contribution in [3.8, 4) is 16.9 Å². The first kappa shape index (κ1) is 32.1. The highest BCUT2D eigenvalue weighted by Crippen LogP contribution is 2.38. The standard InChI is InChI=1S/C40H54O2/c1-3-5-6-7-8-10-15-32-20-26-36(27-21-32)37-28-30-39(31-29-37)42-40(41)38(14-4-2)19-13-16-33-22-24-35(25-23-33)34-17-11-9-12-18-34/h9,11-12,17-18,22-25,28-32,36,38H,3-8,10,13-16,19-21,26-27H2,1-2H3/t32-,36-,38?. The van der Waals surface area contributed by atoms with Gasteiger partial charge in [0.2, 0.25) is 0 Å². The summed E-state index contributed by atoms with van der Waals surface area (Å²) in [5.41, 5.74) is 5.23. The highest BCUT2D eigenvalue weighted by molar-refractivity contribution is 5.75. The predicted octanol–water partition coefficient (Wildman–Crippen LogP) is 11.7. The number of benzene rings is 3. The smallest absolute Gasteiger partial charge is 0.314 e. The van der Waals surface area contributed by atoms with Crippen molar-refractivity contribution in [2.75, 3.05) is 0 Å². The Morgan fingerprint density at radius 2 is 1.36 bits per heavy atom. The topological polar surface area (TPSA) is 26.3 Å². The van der Waals surface area contributed by atoms with E-state index in [1.807, 2.05) is 18.2 Å². The maximum Gasteiger partial charge on any atom is 0.314 e. The third kappa shape index (κ3) is 10.4. The molecule has 1 aliphatic carbocycles. The Morgan fingerprint density at radius 3 is 2.05 bits per heavy atom. The van der Waals surface area contributed by atoms with Crippen molar-refractivity contribution in [3.63, 3.8) is 0 Å². The quantitative estimate of drug-likeness (QED) is 0.0922. The first-order valence-corrected chi connectivity index (χ1v) is 17.1. The third-order valence-electron chi connectivity index (χ3n) is 9.43. The maximum absolute atomic E-state index is 13.1. The molecular formula is C40H54O2. The van der Waals surface area contributed by atoms with Gasteiger partial charge in [0, 0.05) is 0 Å². The molecule has 1 unspecified atom stereocenters. The molecule has 226 valence electrons. The largest absolute Gasteiger partial charge is 0.426 e. The minimum absolute atomic E-state index is 0.0415. The minimum atomic E-state index is -0.0702. The fourth-order valence-electron chi connectivity index (χ4n) is 6.78. The van der Waals surface area contributed by atoms with E-state index >= 15 is 0 Å². The normalized spacial score (nSPS) is 17.6. The Hall–Kier alpha value is -2.87. The van der Waals surface area contributed by atoms with E-state index in [2.05, 4.69) is 74.5 Å². The van der Waals surface area contributed by atoms with Crippen LogP contribution in [-0.4, -0.2) is 5.97 Å². The first-order valence-electron chi connectivity index (χ1n) is 17.1. The minimum Gasteiger partial charge on any atom is -0.426 e. The van der Waals surface area contributed by atoms with Crippen LogP contribution in [-0.2, 0) is 11.2 Å². The monoisotopic (exact) mass is 566 g/mol. The molecule has 0 N–H and O–H groups in total. The number of unbranched alkanes of at least 4 members (excludes halogenated alkanes) is 5. The van der Waals surface area contributed by atoms with Gasteiger partial charge in [-0.25, -0.2) is 0 Å². The van der Waals surface area contributed by atoms with E-state index in [0.717, 1.165) is 38.0 Å². The lowest BCUT2D eigenvalue weighted by molar-refractivity contribution is -0.139. The van der Waals surface area contributed by atoms with E-state index in [1.54, 1.807) is 0 Å². The molecule has 1 saturated carbocycles. The molecule has 0 saturated heterocycles. The van der Waals surface area contributed by atoms with Crippen LogP contribution < -0.4 is 4.74 Å². The van der Waals surface area contributed by atoms with Gasteiger partial charge in [0.15, 0.2) is 0 Å². The molecule has 1 fully saturated rings. The van der Waals surface area contributed by atoms with Crippen LogP contribution in [0.15, 0.2) is 78.9 Å². The van der Waals surface area contributed by atoms with Crippen LogP contribution in [0.5, 0.6) is 5.75 Å². The number of carbonyl (C=O) groups excluding carboxylic acids is 1. The molecule has 2 heteroatoms. The van der Waals surface area contributed by atoms with Gasteiger partial charge in [-0.15, -0.1) is 0 Å². The predicted molar refractivity (Wildman–Crippen MR) is 178 cm³/mol. The Labute approximate surface area is 256 Å². The van der Waals surface area contributed by atoms with Crippen molar-refractivity contribution in [2.24, 2.45) is 11.8 Å². The second-order valence-corrected chi connectivity index (χ2v) is 12.7. The number of hydrogen-bond donors (Lipinski definition) is 0. The second-order valence-electron chi connectivity index (χ2n) is 12.7. The molecule has 0 aromatic heterocycles. The summed E-state index contributed by atoms with van der Waals surface area (Å²) in [6, 6.07) is 27.8. The zero-order valence-electron chi connectivity index (χ0n) is 26.4. The maximum atomic E-state index is 13.1. The average Bonchev–Trinajstić information content (AvgIpc) is 3.04. The number of carbonyl (C=O) groups is 1. The van der Waals surface area contributed by atoms with Crippen molar-refractivity contribution in [3.05, 3.63) is 90.0 Å². The lowest BCUT2D eigenvalue weighted by Gasteiger charge is -2.29. The molecule has 3 aromatic rings. The van der Waals surface area contributed by atoms with Gasteiger partial charge in [0.05, 0.1) is 5.92 Å². The fourth-order valence-corrected chi connectivity index (χ4v) is 6.78. The van der Waals surface area contributed by atoms with Gasteiger partial charge in [-0.2, -0.15) is 0 Å². The number of esters is 1. The van der Waals surface area contributed by atoms with Gasteiger partial charge in [0.25, 0.3) is 0 Å². The highest BCUT2D eigenvalue weighted by atomic mass is 16.5. The molecule has 1 atom stereocenters. The van der Waals surface area contributed by atoms with Crippen LogP contribution in [0.4, 0.5) is 0 Å². The molecular weight excluding hydrogens is 512 g/mol. The third-order valence-corrected chi connectivity index (χ3v) is 9.43. The van der Waals surface area contributed by atoms with E-state index in [9.17, 15) is 4.79 Å². The molecule has 1 aliphatic rings. The summed E-state index contributed by atoms with van der Waals surface area (Å²) in [4.78, 5) is 13.1. The summed E-state index contributed by atoms with van der Waals surface area (Å²) in [6.45, 7) is 4.44. The number of ether oxygens (including phenoxy) is 1. The molecule has 0 amide bonds. The zero-order chi connectivity index (χ0) is 29.4. The Kier molecular flexibility index (Phi) is 13.7. The van der Waals surface area contributed by atoms with Crippen molar-refractivity contribution >= 4 is 5.97 Å². The van der Waals surface area contributed by atoms with Gasteiger partial charge in [-0.1, -0.05) is 132 Å². The Bertz CT molecular complexity index is 1140. The lowest BCUT2D eigenvalue weighted by Crippen LogP contribution is -2.21. The van der Waals surface area contributed by atoms with E-state index in [4.69, 9.17) is 4.74 Å². The van der Waals surface area contributed by atoms with Crippen LogP contribution in [0, 0.1) is 11.8 Å². The van der Waals surface area contributed by atoms with Gasteiger partial charge in [-0.3, -0.25) is 4.79 Å². The molecule has 3 aromatic carbocycles. The summed E-state index contributed by atoms with van der Waals surface area (Å²) in [6.07, 6.45) is 19.9. The van der Waals surface area contributed by atoms with E-state index in [-0.39, 0.29) is 11.9 Å². The molecule has 2 nitrogen and oxygen atoms in total. The van der Waals surface area contributed by atoms with Crippen LogP contribution in [0.2, 0.25) is 0 Å². The summed E-state index contributed by atoms with van der Waals surface area (Å²) in [5.74, 6) is 2.17. The van der Waals surface area contributed by atoms with E-state index < -0.39 is 0 Å². The van der Waals surface area contributed by atoms with Gasteiger partial charge in [0.1, 0.15) is 5.75 Å². The molecule has 0 spiro atoms. The van der Waals surface area contributed by atoms with Crippen molar-refractivity contribution in [1.82, 2.24) is 0 Å².